The molecule has 0 aliphatic rings. The summed E-state index contributed by atoms with van der Waals surface area (Å²) in [6, 6.07) is 0.574. The number of aromatic nitrogens is 1. The second kappa shape index (κ2) is 6.73. The molecule has 0 aromatic carbocycles. The van der Waals surface area contributed by atoms with Crippen molar-refractivity contribution in [2.24, 2.45) is 5.10 Å². The monoisotopic (exact) mass is 333 g/mol. The Morgan fingerprint density at radius 1 is 1.45 bits per heavy atom. The number of anilines is 1. The van der Waals surface area contributed by atoms with Crippen LogP contribution in [0.5, 0.6) is 0 Å². The lowest BCUT2D eigenvalue weighted by molar-refractivity contribution is -0.137. The molecule has 0 aliphatic carbocycles. The Morgan fingerprint density at radius 3 is 2.45 bits per heavy atom. The Balaban J connectivity index is 0.00000361. The van der Waals surface area contributed by atoms with Gasteiger partial charge >= 0.3 is 12.1 Å². The van der Waals surface area contributed by atoms with Gasteiger partial charge in [-0.05, 0) is 13.0 Å². The second-order valence-electron chi connectivity index (χ2n) is 3.27. The number of alkyl halides is 3. The summed E-state index contributed by atoms with van der Waals surface area (Å²) in [5, 5.41) is 10.7. The van der Waals surface area contributed by atoms with Crippen LogP contribution in [-0.2, 0) is 11.0 Å². The minimum atomic E-state index is -4.69. The number of hydrogen-bond donors (Lipinski definition) is 2. The maximum absolute atomic E-state index is 12.5. The number of rotatable bonds is 3. The van der Waals surface area contributed by atoms with Crippen molar-refractivity contribution in [1.29, 1.82) is 0 Å². The fourth-order valence-electron chi connectivity index (χ4n) is 0.928. The first-order valence-corrected chi connectivity index (χ1v) is 5.35. The van der Waals surface area contributed by atoms with Crippen LogP contribution in [0.1, 0.15) is 12.5 Å². The summed E-state index contributed by atoms with van der Waals surface area (Å²) >= 11 is 10.9. The Morgan fingerprint density at radius 2 is 2.00 bits per heavy atom. The van der Waals surface area contributed by atoms with Gasteiger partial charge in [-0.1, -0.05) is 23.2 Å². The third-order valence-electron chi connectivity index (χ3n) is 1.87. The van der Waals surface area contributed by atoms with Crippen molar-refractivity contribution in [1.82, 2.24) is 4.98 Å². The highest BCUT2D eigenvalue weighted by atomic mass is 35.5. The van der Waals surface area contributed by atoms with E-state index < -0.39 is 27.9 Å². The number of aliphatic carboxylic acids is 1. The Bertz CT molecular complexity index is 549. The lowest BCUT2D eigenvalue weighted by atomic mass is 10.3. The molecular weight excluding hydrogens is 326 g/mol. The quantitative estimate of drug-likeness (QED) is 0.503. The fraction of sp³-hybridized carbons (Fsp3) is 0.222. The molecule has 0 atom stereocenters. The molecule has 0 spiro atoms. The lowest BCUT2D eigenvalue weighted by Gasteiger charge is -2.10. The van der Waals surface area contributed by atoms with Gasteiger partial charge in [0, 0.05) is 0 Å². The molecule has 0 amide bonds. The summed E-state index contributed by atoms with van der Waals surface area (Å²) in [5.41, 5.74) is 0.610. The van der Waals surface area contributed by atoms with Crippen molar-refractivity contribution in [3.63, 3.8) is 0 Å². The fourth-order valence-corrected chi connectivity index (χ4v) is 1.37. The number of nitrogens with zero attached hydrogens (tertiary/aromatic N) is 2. The topological polar surface area (TPSA) is 106 Å². The summed E-state index contributed by atoms with van der Waals surface area (Å²) in [5.74, 6) is -1.58. The standard InChI is InChI=1S/C9H6Cl2F3N3O2.H2O/c1-3(8(18)19)16-17-7-5(10)2-4(6(11)15-7)9(12,13)14;/h2H,1H3,(H,15,17)(H,18,19);1H2/b16-3+;. The zero-order valence-corrected chi connectivity index (χ0v) is 11.2. The van der Waals surface area contributed by atoms with Gasteiger partial charge in [-0.3, -0.25) is 5.43 Å². The molecule has 4 N–H and O–H groups in total. The summed E-state index contributed by atoms with van der Waals surface area (Å²) in [4.78, 5) is 13.8. The molecule has 6 nitrogen and oxygen atoms in total. The van der Waals surface area contributed by atoms with Gasteiger partial charge in [-0.2, -0.15) is 18.3 Å². The van der Waals surface area contributed by atoms with E-state index in [2.05, 4.69) is 15.5 Å². The van der Waals surface area contributed by atoms with Crippen LogP contribution in [0.15, 0.2) is 11.2 Å². The normalized spacial score (nSPS) is 11.8. The maximum Gasteiger partial charge on any atom is 0.419 e. The van der Waals surface area contributed by atoms with E-state index >= 15 is 0 Å². The molecule has 0 unspecified atom stereocenters. The van der Waals surface area contributed by atoms with Crippen LogP contribution in [-0.4, -0.2) is 27.2 Å². The van der Waals surface area contributed by atoms with Crippen LogP contribution in [0.4, 0.5) is 19.0 Å². The molecule has 0 saturated heterocycles. The smallest absolute Gasteiger partial charge is 0.419 e. The van der Waals surface area contributed by atoms with Crippen LogP contribution in [0.3, 0.4) is 0 Å². The van der Waals surface area contributed by atoms with Crippen LogP contribution in [0.25, 0.3) is 0 Å². The highest BCUT2D eigenvalue weighted by molar-refractivity contribution is 6.35. The second-order valence-corrected chi connectivity index (χ2v) is 4.03. The van der Waals surface area contributed by atoms with Crippen molar-refractivity contribution in [2.75, 3.05) is 5.43 Å². The van der Waals surface area contributed by atoms with Crippen molar-refractivity contribution in [2.45, 2.75) is 13.1 Å². The van der Waals surface area contributed by atoms with Crippen molar-refractivity contribution in [3.8, 4) is 0 Å². The van der Waals surface area contributed by atoms with Crippen molar-refractivity contribution < 1.29 is 28.5 Å². The molecule has 11 heteroatoms. The first kappa shape index (κ1) is 18.4. The number of carbonyl (C=O) groups is 1. The first-order valence-electron chi connectivity index (χ1n) is 4.59. The molecule has 1 aromatic rings. The Kier molecular flexibility index (Phi) is 6.20. The van der Waals surface area contributed by atoms with Crippen LogP contribution < -0.4 is 5.43 Å². The predicted octanol–water partition coefficient (Wildman–Crippen LogP) is 2.45. The summed E-state index contributed by atoms with van der Waals surface area (Å²) in [7, 11) is 0. The van der Waals surface area contributed by atoms with E-state index in [4.69, 9.17) is 28.3 Å². The zero-order valence-electron chi connectivity index (χ0n) is 9.72. The maximum atomic E-state index is 12.5. The van der Waals surface area contributed by atoms with Crippen molar-refractivity contribution >= 4 is 40.7 Å². The summed E-state index contributed by atoms with van der Waals surface area (Å²) in [6.07, 6.45) is -4.69. The number of nitrogens with one attached hydrogen (secondary N) is 1. The highest BCUT2D eigenvalue weighted by Crippen LogP contribution is 2.37. The minimum absolute atomic E-state index is 0. The van der Waals surface area contributed by atoms with E-state index in [1.165, 1.54) is 6.92 Å². The number of pyridine rings is 1. The van der Waals surface area contributed by atoms with Gasteiger partial charge in [-0.25, -0.2) is 9.78 Å². The lowest BCUT2D eigenvalue weighted by Crippen LogP contribution is -2.12. The average Bonchev–Trinajstić information content (AvgIpc) is 2.27. The van der Waals surface area contributed by atoms with Gasteiger partial charge in [0.2, 0.25) is 0 Å². The van der Waals surface area contributed by atoms with E-state index in [-0.39, 0.29) is 17.0 Å². The SMILES string of the molecule is C/C(=N\Nc1nc(Cl)c(C(F)(F)F)cc1Cl)C(=O)O.O. The van der Waals surface area contributed by atoms with E-state index in [0.717, 1.165) is 0 Å². The van der Waals surface area contributed by atoms with Gasteiger partial charge in [-0.15, -0.1) is 0 Å². The predicted molar refractivity (Wildman–Crippen MR) is 67.2 cm³/mol. The number of carboxylic acid groups (broad SMARTS) is 1. The Labute approximate surface area is 120 Å². The third kappa shape index (κ3) is 4.51. The number of carboxylic acids is 1. The minimum Gasteiger partial charge on any atom is -0.477 e. The molecular formula is C9H8Cl2F3N3O3. The molecule has 0 aliphatic heterocycles. The largest absolute Gasteiger partial charge is 0.477 e. The van der Waals surface area contributed by atoms with Gasteiger partial charge in [0.25, 0.3) is 0 Å². The van der Waals surface area contributed by atoms with E-state index in [1.54, 1.807) is 0 Å². The summed E-state index contributed by atoms with van der Waals surface area (Å²) < 4.78 is 37.4. The summed E-state index contributed by atoms with van der Waals surface area (Å²) in [6.45, 7) is 1.18. The molecule has 20 heavy (non-hydrogen) atoms. The third-order valence-corrected chi connectivity index (χ3v) is 2.45. The molecule has 0 bridgehead atoms. The average molecular weight is 334 g/mol. The molecule has 0 fully saturated rings. The molecule has 112 valence electrons. The van der Waals surface area contributed by atoms with Crippen molar-refractivity contribution in [3.05, 3.63) is 21.8 Å². The van der Waals surface area contributed by atoms with Crippen LogP contribution in [0.2, 0.25) is 10.2 Å². The molecule has 1 heterocycles. The number of hydrazone groups is 1. The van der Waals surface area contributed by atoms with Crippen LogP contribution >= 0.6 is 23.2 Å². The van der Waals surface area contributed by atoms with Gasteiger partial charge in [0.1, 0.15) is 10.9 Å². The molecule has 0 radical (unpaired) electrons. The van der Waals surface area contributed by atoms with Gasteiger partial charge in [0.05, 0.1) is 10.6 Å². The molecule has 1 rings (SSSR count). The van der Waals surface area contributed by atoms with E-state index in [0.29, 0.717) is 6.07 Å². The molecule has 0 saturated carbocycles. The highest BCUT2D eigenvalue weighted by Gasteiger charge is 2.34. The number of hydrogen-bond acceptors (Lipinski definition) is 4. The van der Waals surface area contributed by atoms with Gasteiger partial charge in [0.15, 0.2) is 5.82 Å². The van der Waals surface area contributed by atoms with Crippen LogP contribution in [0, 0.1) is 0 Å². The molecule has 1 aromatic heterocycles. The zero-order chi connectivity index (χ0) is 14.8. The van der Waals surface area contributed by atoms with E-state index in [9.17, 15) is 18.0 Å². The number of halogens is 5. The first-order chi connectivity index (χ1) is 8.62. The van der Waals surface area contributed by atoms with E-state index in [1.807, 2.05) is 0 Å². The Hall–Kier alpha value is -1.58. The van der Waals surface area contributed by atoms with Gasteiger partial charge < -0.3 is 10.6 Å².